The molecule has 1 saturated carbocycles. The van der Waals surface area contributed by atoms with E-state index < -0.39 is 0 Å². The van der Waals surface area contributed by atoms with E-state index in [0.29, 0.717) is 5.91 Å². The molecule has 4 rings (SSSR count). The number of carbonyl (C=O) groups is 1. The Bertz CT molecular complexity index is 557. The molecule has 3 aliphatic rings. The molecule has 1 aromatic carbocycles. The average molecular weight is 287 g/mol. The van der Waals surface area contributed by atoms with Gasteiger partial charge in [-0.25, -0.2) is 0 Å². The minimum atomic E-state index is -0.286. The van der Waals surface area contributed by atoms with E-state index in [-0.39, 0.29) is 12.2 Å². The number of nitrogens with zero attached hydrogens (tertiary/aromatic N) is 1. The van der Waals surface area contributed by atoms with Crippen molar-refractivity contribution in [3.63, 3.8) is 0 Å². The zero-order valence-corrected chi connectivity index (χ0v) is 12.3. The highest BCUT2D eigenvalue weighted by Gasteiger charge is 2.53. The molecule has 0 bridgehead atoms. The first-order valence-electron chi connectivity index (χ1n) is 7.99. The van der Waals surface area contributed by atoms with E-state index in [9.17, 15) is 4.79 Å². The van der Waals surface area contributed by atoms with Crippen molar-refractivity contribution in [2.24, 2.45) is 0 Å². The summed E-state index contributed by atoms with van der Waals surface area (Å²) >= 11 is 0. The van der Waals surface area contributed by atoms with Gasteiger partial charge in [0, 0.05) is 13.1 Å². The zero-order chi connectivity index (χ0) is 14.3. The van der Waals surface area contributed by atoms with Gasteiger partial charge >= 0.3 is 0 Å². The molecule has 2 fully saturated rings. The monoisotopic (exact) mass is 287 g/mol. The minimum Gasteiger partial charge on any atom is -0.454 e. The number of carbonyl (C=O) groups excluding carboxylic acids is 1. The molecule has 1 amide bonds. The standard InChI is InChI=1S/C17H21NO3/c19-16(18-9-3-1-2-4-10-18)17(7-8-17)13-5-6-14-15(11-13)21-12-20-14/h5-6,11H,1-4,7-10,12H2. The fourth-order valence-corrected chi connectivity index (χ4v) is 3.52. The topological polar surface area (TPSA) is 38.8 Å². The second kappa shape index (κ2) is 4.93. The quantitative estimate of drug-likeness (QED) is 0.839. The van der Waals surface area contributed by atoms with Gasteiger partial charge in [-0.15, -0.1) is 0 Å². The molecule has 0 spiro atoms. The zero-order valence-electron chi connectivity index (χ0n) is 12.3. The Kier molecular flexibility index (Phi) is 3.05. The van der Waals surface area contributed by atoms with Crippen LogP contribution >= 0.6 is 0 Å². The van der Waals surface area contributed by atoms with Crippen molar-refractivity contribution in [3.8, 4) is 11.5 Å². The number of likely N-dealkylation sites (tertiary alicyclic amines) is 1. The number of hydrogen-bond donors (Lipinski definition) is 0. The summed E-state index contributed by atoms with van der Waals surface area (Å²) in [5.41, 5.74) is 0.812. The lowest BCUT2D eigenvalue weighted by Crippen LogP contribution is -2.39. The summed E-state index contributed by atoms with van der Waals surface area (Å²) in [5, 5.41) is 0. The molecule has 1 aliphatic carbocycles. The Morgan fingerprint density at radius 3 is 2.43 bits per heavy atom. The molecule has 2 aliphatic heterocycles. The van der Waals surface area contributed by atoms with Gasteiger partial charge in [0.25, 0.3) is 0 Å². The number of hydrogen-bond acceptors (Lipinski definition) is 3. The third-order valence-electron chi connectivity index (χ3n) is 4.98. The molecule has 4 heteroatoms. The van der Waals surface area contributed by atoms with E-state index in [4.69, 9.17) is 9.47 Å². The third-order valence-corrected chi connectivity index (χ3v) is 4.98. The van der Waals surface area contributed by atoms with Gasteiger partial charge < -0.3 is 14.4 Å². The third kappa shape index (κ3) is 2.17. The lowest BCUT2D eigenvalue weighted by atomic mass is 9.93. The lowest BCUT2D eigenvalue weighted by Gasteiger charge is -2.26. The van der Waals surface area contributed by atoms with Crippen molar-refractivity contribution in [1.29, 1.82) is 0 Å². The SMILES string of the molecule is O=C(N1CCCCCC1)C1(c2ccc3c(c2)OCO3)CC1. The largest absolute Gasteiger partial charge is 0.454 e. The predicted octanol–water partition coefficient (Wildman–Crippen LogP) is 2.85. The summed E-state index contributed by atoms with van der Waals surface area (Å²) < 4.78 is 10.8. The van der Waals surface area contributed by atoms with Crippen LogP contribution in [0, 0.1) is 0 Å². The van der Waals surface area contributed by atoms with Gasteiger partial charge in [-0.2, -0.15) is 0 Å². The van der Waals surface area contributed by atoms with E-state index in [1.807, 2.05) is 18.2 Å². The maximum Gasteiger partial charge on any atom is 0.233 e. The van der Waals surface area contributed by atoms with Crippen molar-refractivity contribution in [2.45, 2.75) is 43.9 Å². The molecule has 0 unspecified atom stereocenters. The molecule has 0 radical (unpaired) electrons. The first-order chi connectivity index (χ1) is 10.3. The predicted molar refractivity (Wildman–Crippen MR) is 78.5 cm³/mol. The molecular formula is C17H21NO3. The second-order valence-corrected chi connectivity index (χ2v) is 6.36. The highest BCUT2D eigenvalue weighted by atomic mass is 16.7. The van der Waals surface area contributed by atoms with Crippen molar-refractivity contribution < 1.29 is 14.3 Å². The van der Waals surface area contributed by atoms with Gasteiger partial charge in [0.15, 0.2) is 11.5 Å². The molecule has 4 nitrogen and oxygen atoms in total. The van der Waals surface area contributed by atoms with Gasteiger partial charge in [-0.05, 0) is 43.4 Å². The van der Waals surface area contributed by atoms with Crippen molar-refractivity contribution in [3.05, 3.63) is 23.8 Å². The van der Waals surface area contributed by atoms with Gasteiger partial charge in [-0.1, -0.05) is 18.9 Å². The van der Waals surface area contributed by atoms with E-state index in [1.54, 1.807) is 0 Å². The van der Waals surface area contributed by atoms with Crippen LogP contribution < -0.4 is 9.47 Å². The van der Waals surface area contributed by atoms with Crippen LogP contribution in [0.3, 0.4) is 0 Å². The van der Waals surface area contributed by atoms with E-state index in [2.05, 4.69) is 4.90 Å². The second-order valence-electron chi connectivity index (χ2n) is 6.36. The Balaban J connectivity index is 1.59. The number of benzene rings is 1. The first-order valence-corrected chi connectivity index (χ1v) is 7.99. The van der Waals surface area contributed by atoms with Crippen LogP contribution in [-0.2, 0) is 10.2 Å². The molecule has 1 saturated heterocycles. The number of fused-ring (bicyclic) bond motifs is 1. The molecule has 2 heterocycles. The highest BCUT2D eigenvalue weighted by Crippen LogP contribution is 2.51. The summed E-state index contributed by atoms with van der Waals surface area (Å²) in [5.74, 6) is 1.89. The fourth-order valence-electron chi connectivity index (χ4n) is 3.52. The van der Waals surface area contributed by atoms with Gasteiger partial charge in [0.2, 0.25) is 12.7 Å². The van der Waals surface area contributed by atoms with Crippen LogP contribution in [0.4, 0.5) is 0 Å². The van der Waals surface area contributed by atoms with Gasteiger partial charge in [0.05, 0.1) is 5.41 Å². The summed E-state index contributed by atoms with van der Waals surface area (Å²) in [7, 11) is 0. The average Bonchev–Trinajstić information content (AvgIpc) is 3.25. The Morgan fingerprint density at radius 1 is 1.00 bits per heavy atom. The first kappa shape index (κ1) is 13.0. The van der Waals surface area contributed by atoms with Crippen LogP contribution in [0.25, 0.3) is 0 Å². The smallest absolute Gasteiger partial charge is 0.233 e. The lowest BCUT2D eigenvalue weighted by molar-refractivity contribution is -0.133. The molecule has 1 aromatic rings. The molecular weight excluding hydrogens is 266 g/mol. The Labute approximate surface area is 125 Å². The summed E-state index contributed by atoms with van der Waals surface area (Å²) in [4.78, 5) is 15.1. The molecule has 0 N–H and O–H groups in total. The Hall–Kier alpha value is -1.71. The van der Waals surface area contributed by atoms with Crippen LogP contribution in [-0.4, -0.2) is 30.7 Å². The van der Waals surface area contributed by atoms with Crippen molar-refractivity contribution >= 4 is 5.91 Å². The summed E-state index contributed by atoms with van der Waals surface area (Å²) in [6.45, 7) is 2.13. The molecule has 21 heavy (non-hydrogen) atoms. The highest BCUT2D eigenvalue weighted by molar-refractivity contribution is 5.91. The molecule has 0 aromatic heterocycles. The van der Waals surface area contributed by atoms with Gasteiger partial charge in [0.1, 0.15) is 0 Å². The van der Waals surface area contributed by atoms with Crippen molar-refractivity contribution in [1.82, 2.24) is 4.90 Å². The number of amides is 1. The molecule has 112 valence electrons. The van der Waals surface area contributed by atoms with Crippen LogP contribution in [0.15, 0.2) is 18.2 Å². The van der Waals surface area contributed by atoms with Crippen LogP contribution in [0.2, 0.25) is 0 Å². The van der Waals surface area contributed by atoms with Gasteiger partial charge in [-0.3, -0.25) is 4.79 Å². The minimum absolute atomic E-state index is 0.284. The summed E-state index contributed by atoms with van der Waals surface area (Å²) in [6, 6.07) is 5.98. The molecule has 0 atom stereocenters. The van der Waals surface area contributed by atoms with E-state index >= 15 is 0 Å². The van der Waals surface area contributed by atoms with Crippen LogP contribution in [0.5, 0.6) is 11.5 Å². The fraction of sp³-hybridized carbons (Fsp3) is 0.588. The maximum absolute atomic E-state index is 13.0. The maximum atomic E-state index is 13.0. The summed E-state index contributed by atoms with van der Waals surface area (Å²) in [6.07, 6.45) is 6.71. The van der Waals surface area contributed by atoms with Crippen molar-refractivity contribution in [2.75, 3.05) is 19.9 Å². The number of rotatable bonds is 2. The van der Waals surface area contributed by atoms with E-state index in [0.717, 1.165) is 55.8 Å². The van der Waals surface area contributed by atoms with E-state index in [1.165, 1.54) is 12.8 Å². The Morgan fingerprint density at radius 2 is 1.71 bits per heavy atom. The normalized spacial score (nSPS) is 22.8. The number of ether oxygens (including phenoxy) is 2. The van der Waals surface area contributed by atoms with Crippen LogP contribution in [0.1, 0.15) is 44.1 Å².